The molecule has 2 heterocycles. The van der Waals surface area contributed by atoms with E-state index in [0.717, 1.165) is 0 Å². The summed E-state index contributed by atoms with van der Waals surface area (Å²) in [5, 5.41) is 18.2. The lowest BCUT2D eigenvalue weighted by atomic mass is 10.1. The topological polar surface area (TPSA) is 127 Å². The Morgan fingerprint density at radius 2 is 2.23 bits per heavy atom. The summed E-state index contributed by atoms with van der Waals surface area (Å²) in [5.41, 5.74) is -0.623. The minimum Gasteiger partial charge on any atom is -0.321 e. The Morgan fingerprint density at radius 3 is 2.88 bits per heavy atom. The molecule has 0 saturated heterocycles. The van der Waals surface area contributed by atoms with Gasteiger partial charge in [0.1, 0.15) is 23.8 Å². The molecule has 0 atom stereocenters. The molecular formula is C16H11FN6O2S. The van der Waals surface area contributed by atoms with E-state index in [1.165, 1.54) is 42.4 Å². The standard InChI is InChI=1S/C16H11FN6O2S/c1-26-16-8(6-18)5-9(15(25)22-16)14(24)21-11-4-2-3-10(17)12(11)13-19-7-20-23-13/h2-5,7H,1H3,(H,21,24)(H,22,25)(H,19,20,23). The number of benzene rings is 1. The summed E-state index contributed by atoms with van der Waals surface area (Å²) in [6.45, 7) is 0. The molecule has 8 nitrogen and oxygen atoms in total. The molecule has 0 radical (unpaired) electrons. The monoisotopic (exact) mass is 370 g/mol. The first-order chi connectivity index (χ1) is 12.5. The van der Waals surface area contributed by atoms with E-state index >= 15 is 0 Å². The molecule has 2 aromatic heterocycles. The van der Waals surface area contributed by atoms with Gasteiger partial charge in [-0.2, -0.15) is 10.4 Å². The van der Waals surface area contributed by atoms with Crippen LogP contribution in [0.4, 0.5) is 10.1 Å². The average molecular weight is 370 g/mol. The van der Waals surface area contributed by atoms with Crippen molar-refractivity contribution in [3.63, 3.8) is 0 Å². The Kier molecular flexibility index (Phi) is 4.81. The number of pyridine rings is 1. The summed E-state index contributed by atoms with van der Waals surface area (Å²) in [6.07, 6.45) is 2.90. The number of aromatic amines is 2. The van der Waals surface area contributed by atoms with E-state index in [9.17, 15) is 14.0 Å². The lowest BCUT2D eigenvalue weighted by molar-refractivity contribution is 0.102. The summed E-state index contributed by atoms with van der Waals surface area (Å²) < 4.78 is 14.2. The zero-order valence-corrected chi connectivity index (χ0v) is 14.1. The fraction of sp³-hybridized carbons (Fsp3) is 0.0625. The average Bonchev–Trinajstić information content (AvgIpc) is 3.15. The van der Waals surface area contributed by atoms with Gasteiger partial charge in [0.2, 0.25) is 0 Å². The SMILES string of the molecule is CSc1[nH]c(=O)c(C(=O)Nc2cccc(F)c2-c2ncn[nH]2)cc1C#N. The molecule has 0 aliphatic carbocycles. The van der Waals surface area contributed by atoms with Gasteiger partial charge in [-0.25, -0.2) is 9.37 Å². The van der Waals surface area contributed by atoms with Gasteiger partial charge in [-0.1, -0.05) is 6.07 Å². The molecule has 0 bridgehead atoms. The zero-order valence-electron chi connectivity index (χ0n) is 13.3. The molecule has 130 valence electrons. The molecule has 0 aliphatic rings. The summed E-state index contributed by atoms with van der Waals surface area (Å²) in [5.74, 6) is -1.27. The second-order valence-electron chi connectivity index (χ2n) is 5.02. The van der Waals surface area contributed by atoms with Gasteiger partial charge in [0.25, 0.3) is 11.5 Å². The number of aromatic nitrogens is 4. The molecule has 0 unspecified atom stereocenters. The van der Waals surface area contributed by atoms with E-state index in [1.807, 2.05) is 6.07 Å². The number of nitrogens with one attached hydrogen (secondary N) is 3. The minimum absolute atomic E-state index is 0.0102. The number of hydrogen-bond acceptors (Lipinski definition) is 6. The summed E-state index contributed by atoms with van der Waals surface area (Å²) in [7, 11) is 0. The first kappa shape index (κ1) is 17.4. The number of anilines is 1. The molecule has 26 heavy (non-hydrogen) atoms. The van der Waals surface area contributed by atoms with Crippen molar-refractivity contribution < 1.29 is 9.18 Å². The molecule has 0 aliphatic heterocycles. The van der Waals surface area contributed by atoms with Crippen molar-refractivity contribution in [3.05, 3.63) is 57.9 Å². The summed E-state index contributed by atoms with van der Waals surface area (Å²) in [4.78, 5) is 31.0. The number of hydrogen-bond donors (Lipinski definition) is 3. The number of H-pyrrole nitrogens is 2. The second-order valence-corrected chi connectivity index (χ2v) is 5.84. The number of nitriles is 1. The van der Waals surface area contributed by atoms with Gasteiger partial charge in [0.05, 0.1) is 21.8 Å². The molecule has 1 aromatic carbocycles. The third-order valence-electron chi connectivity index (χ3n) is 3.49. The van der Waals surface area contributed by atoms with Crippen LogP contribution in [0.1, 0.15) is 15.9 Å². The maximum Gasteiger partial charge on any atom is 0.261 e. The van der Waals surface area contributed by atoms with E-state index in [-0.39, 0.29) is 28.2 Å². The molecular weight excluding hydrogens is 359 g/mol. The third-order valence-corrected chi connectivity index (χ3v) is 4.22. The van der Waals surface area contributed by atoms with Gasteiger partial charge in [0, 0.05) is 0 Å². The Labute approximate surface area is 150 Å². The van der Waals surface area contributed by atoms with Crippen LogP contribution in [0, 0.1) is 17.1 Å². The van der Waals surface area contributed by atoms with Gasteiger partial charge in [-0.3, -0.25) is 14.7 Å². The van der Waals surface area contributed by atoms with Gasteiger partial charge >= 0.3 is 0 Å². The van der Waals surface area contributed by atoms with E-state index < -0.39 is 17.3 Å². The van der Waals surface area contributed by atoms with Crippen LogP contribution in [0.25, 0.3) is 11.4 Å². The molecule has 0 fully saturated rings. The maximum atomic E-state index is 14.2. The number of thioether (sulfide) groups is 1. The predicted octanol–water partition coefficient (Wildman–Crippen LogP) is 2.14. The number of carbonyl (C=O) groups excluding carboxylic acids is 1. The molecule has 3 rings (SSSR count). The maximum absolute atomic E-state index is 14.2. The van der Waals surface area contributed by atoms with Crippen LogP contribution in [-0.4, -0.2) is 32.3 Å². The number of nitrogens with zero attached hydrogens (tertiary/aromatic N) is 3. The van der Waals surface area contributed by atoms with E-state index in [4.69, 9.17) is 5.26 Å². The van der Waals surface area contributed by atoms with Crippen LogP contribution in [0.15, 0.2) is 40.4 Å². The first-order valence-corrected chi connectivity index (χ1v) is 8.44. The zero-order chi connectivity index (χ0) is 18.7. The molecule has 3 N–H and O–H groups in total. The van der Waals surface area contributed by atoms with Crippen LogP contribution in [0.3, 0.4) is 0 Å². The fourth-order valence-corrected chi connectivity index (χ4v) is 2.83. The molecule has 0 spiro atoms. The van der Waals surface area contributed by atoms with Crippen molar-refractivity contribution in [3.8, 4) is 17.5 Å². The van der Waals surface area contributed by atoms with Gasteiger partial charge in [0.15, 0.2) is 5.82 Å². The van der Waals surface area contributed by atoms with Crippen LogP contribution in [0.2, 0.25) is 0 Å². The molecule has 3 aromatic rings. The van der Waals surface area contributed by atoms with Gasteiger partial charge < -0.3 is 10.3 Å². The largest absolute Gasteiger partial charge is 0.321 e. The lowest BCUT2D eigenvalue weighted by Crippen LogP contribution is -2.24. The van der Waals surface area contributed by atoms with Crippen LogP contribution < -0.4 is 10.9 Å². The highest BCUT2D eigenvalue weighted by molar-refractivity contribution is 7.98. The van der Waals surface area contributed by atoms with Gasteiger partial charge in [-0.05, 0) is 24.5 Å². The normalized spacial score (nSPS) is 10.3. The second kappa shape index (κ2) is 7.20. The van der Waals surface area contributed by atoms with Crippen molar-refractivity contribution >= 4 is 23.4 Å². The predicted molar refractivity (Wildman–Crippen MR) is 93.3 cm³/mol. The van der Waals surface area contributed by atoms with Crippen molar-refractivity contribution in [2.24, 2.45) is 0 Å². The molecule has 1 amide bonds. The van der Waals surface area contributed by atoms with E-state index in [1.54, 1.807) is 6.26 Å². The highest BCUT2D eigenvalue weighted by Crippen LogP contribution is 2.28. The smallest absolute Gasteiger partial charge is 0.261 e. The van der Waals surface area contributed by atoms with E-state index in [2.05, 4.69) is 25.5 Å². The molecule has 0 saturated carbocycles. The van der Waals surface area contributed by atoms with Crippen molar-refractivity contribution in [2.45, 2.75) is 5.03 Å². The highest BCUT2D eigenvalue weighted by atomic mass is 32.2. The number of halogens is 1. The van der Waals surface area contributed by atoms with E-state index in [0.29, 0.717) is 5.03 Å². The number of amides is 1. The fourth-order valence-electron chi connectivity index (χ4n) is 2.31. The third kappa shape index (κ3) is 3.20. The molecule has 10 heteroatoms. The summed E-state index contributed by atoms with van der Waals surface area (Å²) >= 11 is 1.18. The highest BCUT2D eigenvalue weighted by Gasteiger charge is 2.19. The van der Waals surface area contributed by atoms with Crippen molar-refractivity contribution in [1.82, 2.24) is 20.2 Å². The number of rotatable bonds is 4. The summed E-state index contributed by atoms with van der Waals surface area (Å²) in [6, 6.07) is 7.21. The Balaban J connectivity index is 2.02. The van der Waals surface area contributed by atoms with Gasteiger partial charge in [-0.15, -0.1) is 11.8 Å². The van der Waals surface area contributed by atoms with Crippen LogP contribution in [0.5, 0.6) is 0 Å². The lowest BCUT2D eigenvalue weighted by Gasteiger charge is -2.10. The Bertz CT molecular complexity index is 1070. The van der Waals surface area contributed by atoms with Crippen LogP contribution >= 0.6 is 11.8 Å². The van der Waals surface area contributed by atoms with Crippen molar-refractivity contribution in [1.29, 1.82) is 5.26 Å². The Morgan fingerprint density at radius 1 is 1.42 bits per heavy atom. The first-order valence-electron chi connectivity index (χ1n) is 7.22. The Hall–Kier alpha value is -3.45. The number of carbonyl (C=O) groups is 1. The quantitative estimate of drug-likeness (QED) is 0.604. The van der Waals surface area contributed by atoms with Crippen molar-refractivity contribution in [2.75, 3.05) is 11.6 Å². The minimum atomic E-state index is -0.776. The van der Waals surface area contributed by atoms with Crippen LogP contribution in [-0.2, 0) is 0 Å².